The van der Waals surface area contributed by atoms with E-state index in [4.69, 9.17) is 0 Å². The average molecular weight is 567 g/mol. The van der Waals surface area contributed by atoms with Crippen molar-refractivity contribution in [3.63, 3.8) is 0 Å². The van der Waals surface area contributed by atoms with Gasteiger partial charge in [-0.15, -0.1) is 0 Å². The van der Waals surface area contributed by atoms with Crippen LogP contribution >= 0.6 is 0 Å². The summed E-state index contributed by atoms with van der Waals surface area (Å²) in [4.78, 5) is 33.5. The third kappa shape index (κ3) is 5.75. The second-order valence-electron chi connectivity index (χ2n) is 12.6. The first-order chi connectivity index (χ1) is 20.2. The SMILES string of the molecule is CC(=O)N1CCC(c2cncc(C(=O)N[C@H](C)c3ccc(C(=C4CC5(C4)CN(C)C5)c4ccc(F)cc4)cc3)c2)CC1. The molecule has 2 saturated heterocycles. The molecule has 3 aromatic rings. The number of piperidine rings is 1. The van der Waals surface area contributed by atoms with Crippen molar-refractivity contribution in [3.8, 4) is 0 Å². The number of aromatic nitrogens is 1. The smallest absolute Gasteiger partial charge is 0.253 e. The summed E-state index contributed by atoms with van der Waals surface area (Å²) in [5.41, 5.74) is 7.83. The van der Waals surface area contributed by atoms with Gasteiger partial charge >= 0.3 is 0 Å². The van der Waals surface area contributed by atoms with Crippen molar-refractivity contribution in [1.82, 2.24) is 20.1 Å². The molecule has 2 aromatic carbocycles. The van der Waals surface area contributed by atoms with E-state index in [0.717, 1.165) is 74.1 Å². The summed E-state index contributed by atoms with van der Waals surface area (Å²) in [6.45, 7) is 7.36. The van der Waals surface area contributed by atoms with E-state index in [-0.39, 0.29) is 23.7 Å². The molecule has 1 spiro atoms. The highest BCUT2D eigenvalue weighted by Crippen LogP contribution is 2.54. The van der Waals surface area contributed by atoms with Gasteiger partial charge in [0.05, 0.1) is 11.6 Å². The molecule has 6 nitrogen and oxygen atoms in total. The van der Waals surface area contributed by atoms with Crippen molar-refractivity contribution in [2.45, 2.75) is 51.5 Å². The summed E-state index contributed by atoms with van der Waals surface area (Å²) in [6.07, 6.45) is 7.38. The van der Waals surface area contributed by atoms with E-state index < -0.39 is 0 Å². The third-order valence-electron chi connectivity index (χ3n) is 9.35. The molecule has 1 aliphatic carbocycles. The number of carbonyl (C=O) groups excluding carboxylic acids is 2. The number of pyridine rings is 1. The van der Waals surface area contributed by atoms with Gasteiger partial charge in [0, 0.05) is 50.9 Å². The number of amides is 2. The van der Waals surface area contributed by atoms with Crippen LogP contribution in [0.3, 0.4) is 0 Å². The summed E-state index contributed by atoms with van der Waals surface area (Å²) in [5.74, 6) is 0.0310. The van der Waals surface area contributed by atoms with Gasteiger partial charge in [0.1, 0.15) is 5.82 Å². The van der Waals surface area contributed by atoms with Crippen molar-refractivity contribution < 1.29 is 14.0 Å². The second kappa shape index (κ2) is 11.4. The fourth-order valence-corrected chi connectivity index (χ4v) is 7.18. The van der Waals surface area contributed by atoms with Crippen molar-refractivity contribution in [2.24, 2.45) is 5.41 Å². The van der Waals surface area contributed by atoms with Crippen LogP contribution in [0.5, 0.6) is 0 Å². The Kier molecular flexibility index (Phi) is 7.71. The van der Waals surface area contributed by atoms with E-state index in [1.165, 1.54) is 23.3 Å². The van der Waals surface area contributed by atoms with Crippen LogP contribution in [-0.4, -0.2) is 59.8 Å². The number of hydrogen-bond acceptors (Lipinski definition) is 4. The first kappa shape index (κ1) is 28.3. The zero-order chi connectivity index (χ0) is 29.4. The molecule has 218 valence electrons. The Morgan fingerprint density at radius 1 is 0.952 bits per heavy atom. The highest BCUT2D eigenvalue weighted by molar-refractivity contribution is 5.94. The maximum Gasteiger partial charge on any atom is 0.253 e. The van der Waals surface area contributed by atoms with Gasteiger partial charge in [-0.3, -0.25) is 14.6 Å². The molecule has 42 heavy (non-hydrogen) atoms. The van der Waals surface area contributed by atoms with Gasteiger partial charge in [-0.1, -0.05) is 42.0 Å². The van der Waals surface area contributed by atoms with Crippen LogP contribution in [0, 0.1) is 11.2 Å². The maximum absolute atomic E-state index is 13.7. The Balaban J connectivity index is 1.14. The Hall–Kier alpha value is -3.84. The lowest BCUT2D eigenvalue weighted by atomic mass is 9.59. The van der Waals surface area contributed by atoms with E-state index in [2.05, 4.69) is 46.5 Å². The largest absolute Gasteiger partial charge is 0.345 e. The number of likely N-dealkylation sites (tertiary alicyclic amines) is 2. The van der Waals surface area contributed by atoms with Crippen LogP contribution in [0.15, 0.2) is 72.6 Å². The first-order valence-electron chi connectivity index (χ1n) is 15.0. The number of benzene rings is 2. The quantitative estimate of drug-likeness (QED) is 0.400. The van der Waals surface area contributed by atoms with Gasteiger partial charge < -0.3 is 15.1 Å². The molecule has 1 N–H and O–H groups in total. The van der Waals surface area contributed by atoms with Crippen LogP contribution < -0.4 is 5.32 Å². The van der Waals surface area contributed by atoms with Crippen molar-refractivity contribution in [3.05, 3.63) is 106 Å². The zero-order valence-corrected chi connectivity index (χ0v) is 24.7. The molecule has 0 radical (unpaired) electrons. The number of hydrogen-bond donors (Lipinski definition) is 1. The lowest BCUT2D eigenvalue weighted by Crippen LogP contribution is -2.58. The molecule has 2 aliphatic heterocycles. The van der Waals surface area contributed by atoms with E-state index in [1.54, 1.807) is 13.1 Å². The Morgan fingerprint density at radius 3 is 2.17 bits per heavy atom. The van der Waals surface area contributed by atoms with Crippen LogP contribution in [0.4, 0.5) is 4.39 Å². The lowest BCUT2D eigenvalue weighted by Gasteiger charge is -2.56. The van der Waals surface area contributed by atoms with Crippen molar-refractivity contribution in [2.75, 3.05) is 33.2 Å². The van der Waals surface area contributed by atoms with Crippen LogP contribution in [0.25, 0.3) is 5.57 Å². The molecule has 3 heterocycles. The van der Waals surface area contributed by atoms with E-state index in [0.29, 0.717) is 16.9 Å². The Bertz CT molecular complexity index is 1490. The number of carbonyl (C=O) groups is 2. The van der Waals surface area contributed by atoms with Gasteiger partial charge in [-0.25, -0.2) is 4.39 Å². The summed E-state index contributed by atoms with van der Waals surface area (Å²) < 4.78 is 13.7. The predicted octanol–water partition coefficient (Wildman–Crippen LogP) is 5.97. The first-order valence-corrected chi connectivity index (χ1v) is 15.0. The van der Waals surface area contributed by atoms with Gasteiger partial charge in [-0.2, -0.15) is 0 Å². The standard InChI is InChI=1S/C35H39FN4O2/c1-23(38-34(42)30-16-29(19-37-20-30)26-12-14-40(15-13-26)24(2)41)25-4-6-27(7-5-25)33(28-8-10-32(36)11-9-28)31-17-35(18-31)21-39(3)22-35/h4-11,16,19-20,23,26H,12-15,17-18,21-22H2,1-3H3,(H,38,42)/t23-/m1/s1. The molecule has 3 aliphatic rings. The normalized spacial score (nSPS) is 19.1. The Labute approximate surface area is 247 Å². The molecule has 1 atom stereocenters. The Morgan fingerprint density at radius 2 is 1.57 bits per heavy atom. The minimum atomic E-state index is -0.229. The van der Waals surface area contributed by atoms with Gasteiger partial charge in [-0.05, 0) is 91.6 Å². The summed E-state index contributed by atoms with van der Waals surface area (Å²) in [5, 5.41) is 3.14. The molecule has 0 unspecified atom stereocenters. The number of rotatable bonds is 6. The highest BCUT2D eigenvalue weighted by Gasteiger charge is 2.49. The molecule has 2 amide bonds. The minimum absolute atomic E-state index is 0.114. The van der Waals surface area contributed by atoms with Crippen LogP contribution in [0.1, 0.15) is 84.1 Å². The van der Waals surface area contributed by atoms with Crippen molar-refractivity contribution in [1.29, 1.82) is 0 Å². The fourth-order valence-electron chi connectivity index (χ4n) is 7.18. The zero-order valence-electron chi connectivity index (χ0n) is 24.7. The molecule has 7 heteroatoms. The second-order valence-corrected chi connectivity index (χ2v) is 12.6. The summed E-state index contributed by atoms with van der Waals surface area (Å²) in [6, 6.07) is 17.0. The van der Waals surface area contributed by atoms with Crippen molar-refractivity contribution >= 4 is 17.4 Å². The molecule has 1 saturated carbocycles. The summed E-state index contributed by atoms with van der Waals surface area (Å²) >= 11 is 0. The number of halogens is 1. The van der Waals surface area contributed by atoms with E-state index >= 15 is 0 Å². The number of allylic oxidation sites excluding steroid dienone is 1. The monoisotopic (exact) mass is 566 g/mol. The van der Waals surface area contributed by atoms with Gasteiger partial charge in [0.2, 0.25) is 5.91 Å². The molecular weight excluding hydrogens is 527 g/mol. The summed E-state index contributed by atoms with van der Waals surface area (Å²) in [7, 11) is 2.17. The fraction of sp³-hybridized carbons (Fsp3) is 0.400. The molecule has 0 bridgehead atoms. The van der Waals surface area contributed by atoms with Gasteiger partial charge in [0.15, 0.2) is 0 Å². The number of nitrogens with zero attached hydrogens (tertiary/aromatic N) is 3. The maximum atomic E-state index is 13.7. The van der Waals surface area contributed by atoms with E-state index in [9.17, 15) is 14.0 Å². The molecule has 3 fully saturated rings. The third-order valence-corrected chi connectivity index (χ3v) is 9.35. The number of nitrogens with one attached hydrogen (secondary N) is 1. The highest BCUT2D eigenvalue weighted by atomic mass is 19.1. The topological polar surface area (TPSA) is 65.5 Å². The lowest BCUT2D eigenvalue weighted by molar-refractivity contribution is -0.129. The molecule has 1 aromatic heterocycles. The van der Waals surface area contributed by atoms with Crippen LogP contribution in [0.2, 0.25) is 0 Å². The minimum Gasteiger partial charge on any atom is -0.345 e. The molecular formula is C35H39FN4O2. The predicted molar refractivity (Wildman–Crippen MR) is 162 cm³/mol. The van der Waals surface area contributed by atoms with Crippen LogP contribution in [-0.2, 0) is 4.79 Å². The van der Waals surface area contributed by atoms with E-state index in [1.807, 2.05) is 36.2 Å². The average Bonchev–Trinajstić information content (AvgIpc) is 2.96. The van der Waals surface area contributed by atoms with Gasteiger partial charge in [0.25, 0.3) is 5.91 Å². The molecule has 6 rings (SSSR count).